The first kappa shape index (κ1) is 17.4. The highest BCUT2D eigenvalue weighted by Gasteiger charge is 2.27. The van der Waals surface area contributed by atoms with Crippen molar-refractivity contribution in [3.8, 4) is 11.6 Å². The van der Waals surface area contributed by atoms with Crippen molar-refractivity contribution in [2.75, 3.05) is 4.72 Å². The molecule has 0 amide bonds. The molecule has 1 saturated carbocycles. The van der Waals surface area contributed by atoms with Crippen molar-refractivity contribution >= 4 is 38.8 Å². The minimum absolute atomic E-state index is 0.0994. The Balaban J connectivity index is 1.80. The van der Waals surface area contributed by atoms with Crippen molar-refractivity contribution in [2.45, 2.75) is 38.4 Å². The van der Waals surface area contributed by atoms with Gasteiger partial charge in [-0.15, -0.1) is 11.3 Å². The predicted octanol–water partition coefficient (Wildman–Crippen LogP) is 5.47. The van der Waals surface area contributed by atoms with Crippen LogP contribution in [0.15, 0.2) is 29.6 Å². The third kappa shape index (κ3) is 3.10. The highest BCUT2D eigenvalue weighted by atomic mass is 32.2. The Morgan fingerprint density at radius 2 is 2.00 bits per heavy atom. The average Bonchev–Trinajstić information content (AvgIpc) is 2.99. The summed E-state index contributed by atoms with van der Waals surface area (Å²) in [6, 6.07) is 7.42. The van der Waals surface area contributed by atoms with Crippen LogP contribution in [0.1, 0.15) is 29.8 Å². The quantitative estimate of drug-likeness (QED) is 0.628. The zero-order chi connectivity index (χ0) is 18.3. The summed E-state index contributed by atoms with van der Waals surface area (Å²) in [5.41, 5.74) is 0.660. The molecular formula is C19H19FN2O2S2. The SMILES string of the molecule is Cc1nc(Oc2c(C)c(F)c(NS(=O)C3CCC3)c3ccccc23)cs1. The number of thiazole rings is 1. The van der Waals surface area contributed by atoms with E-state index in [2.05, 4.69) is 9.71 Å². The first-order valence-corrected chi connectivity index (χ1v) is 10.6. The van der Waals surface area contributed by atoms with Crippen molar-refractivity contribution in [3.63, 3.8) is 0 Å². The number of aryl methyl sites for hydroxylation is 1. The molecule has 2 aromatic carbocycles. The molecule has 0 saturated heterocycles. The van der Waals surface area contributed by atoms with Crippen LogP contribution in [0.25, 0.3) is 10.8 Å². The molecule has 4 rings (SSSR count). The van der Waals surface area contributed by atoms with E-state index in [4.69, 9.17) is 4.74 Å². The van der Waals surface area contributed by atoms with Crippen LogP contribution in [0.4, 0.5) is 10.1 Å². The van der Waals surface area contributed by atoms with Crippen LogP contribution in [0, 0.1) is 19.7 Å². The lowest BCUT2D eigenvalue weighted by atomic mass is 10.0. The molecule has 0 spiro atoms. The van der Waals surface area contributed by atoms with Gasteiger partial charge in [-0.1, -0.05) is 30.7 Å². The second-order valence-electron chi connectivity index (χ2n) is 6.45. The number of nitrogens with one attached hydrogen (secondary N) is 1. The molecule has 136 valence electrons. The normalized spacial score (nSPS) is 15.7. The van der Waals surface area contributed by atoms with Crippen LogP contribution in [-0.4, -0.2) is 14.4 Å². The van der Waals surface area contributed by atoms with E-state index in [0.717, 1.165) is 29.7 Å². The third-order valence-electron chi connectivity index (χ3n) is 4.69. The molecule has 0 aliphatic heterocycles. The monoisotopic (exact) mass is 390 g/mol. The maximum atomic E-state index is 15.2. The number of halogens is 1. The van der Waals surface area contributed by atoms with E-state index in [1.165, 1.54) is 11.3 Å². The van der Waals surface area contributed by atoms with Gasteiger partial charge in [0.2, 0.25) is 5.88 Å². The Bertz CT molecular complexity index is 999. The van der Waals surface area contributed by atoms with E-state index < -0.39 is 16.8 Å². The topological polar surface area (TPSA) is 51.2 Å². The summed E-state index contributed by atoms with van der Waals surface area (Å²) in [5.74, 6) is 0.473. The van der Waals surface area contributed by atoms with E-state index in [-0.39, 0.29) is 10.9 Å². The van der Waals surface area contributed by atoms with Gasteiger partial charge in [0, 0.05) is 16.3 Å². The van der Waals surface area contributed by atoms with E-state index >= 15 is 4.39 Å². The maximum absolute atomic E-state index is 15.2. The zero-order valence-electron chi connectivity index (χ0n) is 14.5. The number of ether oxygens (including phenoxy) is 1. The van der Waals surface area contributed by atoms with Crippen LogP contribution in [0.5, 0.6) is 11.6 Å². The maximum Gasteiger partial charge on any atom is 0.230 e. The molecule has 1 aliphatic rings. The van der Waals surface area contributed by atoms with Crippen LogP contribution in [-0.2, 0) is 11.0 Å². The van der Waals surface area contributed by atoms with E-state index in [9.17, 15) is 4.21 Å². The van der Waals surface area contributed by atoms with Crippen LogP contribution >= 0.6 is 11.3 Å². The minimum atomic E-state index is -1.29. The number of benzene rings is 2. The van der Waals surface area contributed by atoms with E-state index in [1.807, 2.05) is 31.2 Å². The van der Waals surface area contributed by atoms with Crippen molar-refractivity contribution in [3.05, 3.63) is 46.0 Å². The molecule has 7 heteroatoms. The van der Waals surface area contributed by atoms with Gasteiger partial charge in [0.25, 0.3) is 0 Å². The van der Waals surface area contributed by atoms with Crippen molar-refractivity contribution in [1.29, 1.82) is 0 Å². The first-order chi connectivity index (χ1) is 12.5. The number of fused-ring (bicyclic) bond motifs is 1. The van der Waals surface area contributed by atoms with Gasteiger partial charge in [0.15, 0.2) is 5.82 Å². The Morgan fingerprint density at radius 3 is 2.62 bits per heavy atom. The highest BCUT2D eigenvalue weighted by molar-refractivity contribution is 7.87. The summed E-state index contributed by atoms with van der Waals surface area (Å²) >= 11 is 1.48. The van der Waals surface area contributed by atoms with Crippen LogP contribution < -0.4 is 9.46 Å². The van der Waals surface area contributed by atoms with Gasteiger partial charge in [-0.2, -0.15) is 0 Å². The number of rotatable bonds is 5. The summed E-state index contributed by atoms with van der Waals surface area (Å²) in [6.45, 7) is 3.57. The zero-order valence-corrected chi connectivity index (χ0v) is 16.2. The summed E-state index contributed by atoms with van der Waals surface area (Å²) in [6.07, 6.45) is 2.92. The molecule has 0 bridgehead atoms. The van der Waals surface area contributed by atoms with Crippen LogP contribution in [0.3, 0.4) is 0 Å². The molecule has 3 aromatic rings. The predicted molar refractivity (Wildman–Crippen MR) is 105 cm³/mol. The largest absolute Gasteiger partial charge is 0.437 e. The summed E-state index contributed by atoms with van der Waals surface area (Å²) in [7, 11) is -1.29. The van der Waals surface area contributed by atoms with Gasteiger partial charge in [0.1, 0.15) is 16.7 Å². The standard InChI is InChI=1S/C19H19FN2O2S2/c1-11-17(20)18(22-26(23)13-6-5-7-13)14-8-3-4-9-15(14)19(11)24-16-10-25-12(2)21-16/h3-4,8-10,13,22H,5-7H2,1-2H3. The number of hydrogen-bond donors (Lipinski definition) is 1. The fourth-order valence-electron chi connectivity index (χ4n) is 3.00. The number of aromatic nitrogens is 1. The molecule has 1 aromatic heterocycles. The van der Waals surface area contributed by atoms with Crippen molar-refractivity contribution < 1.29 is 13.3 Å². The minimum Gasteiger partial charge on any atom is -0.437 e. The van der Waals surface area contributed by atoms with Gasteiger partial charge >= 0.3 is 0 Å². The number of nitrogens with zero attached hydrogens (tertiary/aromatic N) is 1. The molecule has 1 heterocycles. The second-order valence-corrected chi connectivity index (χ2v) is 8.98. The molecule has 1 unspecified atom stereocenters. The van der Waals surface area contributed by atoms with Crippen molar-refractivity contribution in [2.24, 2.45) is 0 Å². The summed E-state index contributed by atoms with van der Waals surface area (Å²) in [5, 5.41) is 4.22. The average molecular weight is 391 g/mol. The van der Waals surface area contributed by atoms with Gasteiger partial charge in [-0.3, -0.25) is 0 Å². The Labute approximate surface area is 158 Å². The van der Waals surface area contributed by atoms with Gasteiger partial charge in [0.05, 0.1) is 21.3 Å². The molecule has 1 fully saturated rings. The second kappa shape index (κ2) is 6.96. The summed E-state index contributed by atoms with van der Waals surface area (Å²) < 4.78 is 36.5. The molecule has 0 radical (unpaired) electrons. The lowest BCUT2D eigenvalue weighted by Crippen LogP contribution is -2.28. The van der Waals surface area contributed by atoms with Gasteiger partial charge in [-0.25, -0.2) is 13.6 Å². The molecule has 4 nitrogen and oxygen atoms in total. The molecule has 1 N–H and O–H groups in total. The van der Waals surface area contributed by atoms with E-state index in [0.29, 0.717) is 22.6 Å². The Kier molecular flexibility index (Phi) is 4.67. The molecular weight excluding hydrogens is 371 g/mol. The lowest BCUT2D eigenvalue weighted by Gasteiger charge is -2.25. The fourth-order valence-corrected chi connectivity index (χ4v) is 4.85. The molecule has 1 atom stereocenters. The lowest BCUT2D eigenvalue weighted by molar-refractivity contribution is 0.462. The van der Waals surface area contributed by atoms with Crippen molar-refractivity contribution in [1.82, 2.24) is 4.98 Å². The summed E-state index contributed by atoms with van der Waals surface area (Å²) in [4.78, 5) is 4.31. The van der Waals surface area contributed by atoms with E-state index in [1.54, 1.807) is 12.3 Å². The molecule has 26 heavy (non-hydrogen) atoms. The van der Waals surface area contributed by atoms with Crippen LogP contribution in [0.2, 0.25) is 0 Å². The number of hydrogen-bond acceptors (Lipinski definition) is 4. The Morgan fingerprint density at radius 1 is 1.27 bits per heavy atom. The first-order valence-electron chi connectivity index (χ1n) is 8.52. The molecule has 1 aliphatic carbocycles. The number of anilines is 1. The Hall–Kier alpha value is -1.99. The van der Waals surface area contributed by atoms with Gasteiger partial charge < -0.3 is 9.46 Å². The fraction of sp³-hybridized carbons (Fsp3) is 0.316. The van der Waals surface area contributed by atoms with Gasteiger partial charge in [-0.05, 0) is 26.7 Å². The third-order valence-corrected chi connectivity index (χ3v) is 6.93. The highest BCUT2D eigenvalue weighted by Crippen LogP contribution is 2.41. The smallest absolute Gasteiger partial charge is 0.230 e.